The van der Waals surface area contributed by atoms with Crippen molar-refractivity contribution in [3.8, 4) is 5.88 Å². The van der Waals surface area contributed by atoms with Crippen molar-refractivity contribution in [2.24, 2.45) is 0 Å². The monoisotopic (exact) mass is 278 g/mol. The molecule has 0 aliphatic heterocycles. The molecular formula is C18H18N2O. The van der Waals surface area contributed by atoms with Gasteiger partial charge in [0.2, 0.25) is 5.88 Å². The molecule has 2 aromatic carbocycles. The molecular weight excluding hydrogens is 260 g/mol. The van der Waals surface area contributed by atoms with Crippen molar-refractivity contribution in [2.45, 2.75) is 13.5 Å². The second kappa shape index (κ2) is 6.27. The van der Waals surface area contributed by atoms with Crippen LogP contribution < -0.4 is 10.1 Å². The molecule has 0 bridgehead atoms. The molecule has 0 aliphatic rings. The maximum absolute atomic E-state index is 5.54. The summed E-state index contributed by atoms with van der Waals surface area (Å²) < 4.78 is 5.54. The molecule has 0 fully saturated rings. The van der Waals surface area contributed by atoms with Gasteiger partial charge in [0.05, 0.1) is 12.3 Å². The Bertz CT molecular complexity index is 735. The lowest BCUT2D eigenvalue weighted by Crippen LogP contribution is -2.04. The molecule has 1 heterocycles. The fraction of sp³-hybridized carbons (Fsp3) is 0.167. The van der Waals surface area contributed by atoms with Crippen LogP contribution in [0.15, 0.2) is 60.8 Å². The van der Waals surface area contributed by atoms with Crippen LogP contribution in [-0.4, -0.2) is 11.6 Å². The molecule has 0 atom stereocenters. The highest BCUT2D eigenvalue weighted by atomic mass is 16.5. The number of hydrogen-bond donors (Lipinski definition) is 1. The number of anilines is 1. The van der Waals surface area contributed by atoms with E-state index >= 15 is 0 Å². The van der Waals surface area contributed by atoms with Crippen molar-refractivity contribution in [1.29, 1.82) is 0 Å². The van der Waals surface area contributed by atoms with Crippen molar-refractivity contribution < 1.29 is 4.74 Å². The van der Waals surface area contributed by atoms with Crippen molar-refractivity contribution in [3.05, 3.63) is 66.4 Å². The van der Waals surface area contributed by atoms with E-state index in [1.807, 2.05) is 19.1 Å². The van der Waals surface area contributed by atoms with Gasteiger partial charge in [0.25, 0.3) is 0 Å². The summed E-state index contributed by atoms with van der Waals surface area (Å²) in [5.74, 6) is 0.653. The Hall–Kier alpha value is -2.55. The van der Waals surface area contributed by atoms with Gasteiger partial charge >= 0.3 is 0 Å². The summed E-state index contributed by atoms with van der Waals surface area (Å²) in [6.45, 7) is 3.32. The van der Waals surface area contributed by atoms with E-state index in [-0.39, 0.29) is 0 Å². The normalized spacial score (nSPS) is 10.5. The molecule has 1 aromatic heterocycles. The lowest BCUT2D eigenvalue weighted by molar-refractivity contribution is 0.328. The van der Waals surface area contributed by atoms with Gasteiger partial charge in [-0.25, -0.2) is 4.98 Å². The van der Waals surface area contributed by atoms with Crippen LogP contribution in [0.2, 0.25) is 0 Å². The van der Waals surface area contributed by atoms with Crippen LogP contribution in [0.1, 0.15) is 12.5 Å². The maximum atomic E-state index is 5.54. The van der Waals surface area contributed by atoms with Gasteiger partial charge in [0.1, 0.15) is 0 Å². The van der Waals surface area contributed by atoms with E-state index in [1.54, 1.807) is 6.20 Å². The van der Waals surface area contributed by atoms with E-state index in [9.17, 15) is 0 Å². The quantitative estimate of drug-likeness (QED) is 0.757. The third-order valence-corrected chi connectivity index (χ3v) is 3.40. The molecule has 3 rings (SSSR count). The van der Waals surface area contributed by atoms with Gasteiger partial charge in [-0.2, -0.15) is 0 Å². The Morgan fingerprint density at radius 2 is 1.86 bits per heavy atom. The molecule has 3 heteroatoms. The highest BCUT2D eigenvalue weighted by Gasteiger charge is 2.05. The Kier molecular flexibility index (Phi) is 4.01. The van der Waals surface area contributed by atoms with Gasteiger partial charge in [-0.1, -0.05) is 42.5 Å². The summed E-state index contributed by atoms with van der Waals surface area (Å²) in [4.78, 5) is 4.26. The van der Waals surface area contributed by atoms with E-state index in [4.69, 9.17) is 4.74 Å². The molecule has 1 N–H and O–H groups in total. The molecule has 21 heavy (non-hydrogen) atoms. The van der Waals surface area contributed by atoms with E-state index in [0.717, 1.165) is 12.2 Å². The zero-order valence-electron chi connectivity index (χ0n) is 12.0. The largest absolute Gasteiger partial charge is 0.476 e. The minimum absolute atomic E-state index is 0.611. The number of fused-ring (bicyclic) bond motifs is 1. The number of nitrogens with one attached hydrogen (secondary N) is 1. The van der Waals surface area contributed by atoms with Gasteiger partial charge in [0, 0.05) is 12.7 Å². The van der Waals surface area contributed by atoms with Crippen molar-refractivity contribution in [2.75, 3.05) is 11.9 Å². The zero-order chi connectivity index (χ0) is 14.5. The first-order valence-electron chi connectivity index (χ1n) is 7.17. The molecule has 0 saturated carbocycles. The number of pyridine rings is 1. The zero-order valence-corrected chi connectivity index (χ0v) is 12.0. The van der Waals surface area contributed by atoms with Crippen molar-refractivity contribution in [3.63, 3.8) is 0 Å². The number of nitrogens with zero attached hydrogens (tertiary/aromatic N) is 1. The number of hydrogen-bond acceptors (Lipinski definition) is 3. The minimum atomic E-state index is 0.611. The van der Waals surface area contributed by atoms with E-state index in [1.165, 1.54) is 16.3 Å². The third-order valence-electron chi connectivity index (χ3n) is 3.40. The van der Waals surface area contributed by atoms with Gasteiger partial charge in [-0.3, -0.25) is 0 Å². The summed E-state index contributed by atoms with van der Waals surface area (Å²) in [6.07, 6.45) is 1.74. The predicted molar refractivity (Wildman–Crippen MR) is 86.7 cm³/mol. The molecule has 0 unspecified atom stereocenters. The van der Waals surface area contributed by atoms with Crippen LogP contribution in [0.4, 0.5) is 5.69 Å². The van der Waals surface area contributed by atoms with Crippen LogP contribution in [0.25, 0.3) is 10.8 Å². The number of aromatic nitrogens is 1. The summed E-state index contributed by atoms with van der Waals surface area (Å²) in [7, 11) is 0. The summed E-state index contributed by atoms with van der Waals surface area (Å²) in [5.41, 5.74) is 2.19. The lowest BCUT2D eigenvalue weighted by Gasteiger charge is -2.12. The molecule has 0 aliphatic carbocycles. The lowest BCUT2D eigenvalue weighted by atomic mass is 10.0. The molecule has 106 valence electrons. The van der Waals surface area contributed by atoms with E-state index < -0.39 is 0 Å². The molecule has 0 saturated heterocycles. The Balaban J connectivity index is 1.84. The second-order valence-corrected chi connectivity index (χ2v) is 4.78. The number of benzene rings is 2. The number of ether oxygens (including phenoxy) is 1. The first kappa shape index (κ1) is 13.4. The Morgan fingerprint density at radius 3 is 2.76 bits per heavy atom. The van der Waals surface area contributed by atoms with E-state index in [0.29, 0.717) is 12.5 Å². The van der Waals surface area contributed by atoms with Gasteiger partial charge in [-0.05, 0) is 35.4 Å². The topological polar surface area (TPSA) is 34.1 Å². The fourth-order valence-electron chi connectivity index (χ4n) is 2.41. The summed E-state index contributed by atoms with van der Waals surface area (Å²) >= 11 is 0. The standard InChI is InChI=1S/C18H18N2O/c1-2-21-18-17(11-6-12-19-18)20-13-15-9-5-8-14-7-3-4-10-16(14)15/h3-12,20H,2,13H2,1H3. The van der Waals surface area contributed by atoms with Crippen molar-refractivity contribution >= 4 is 16.5 Å². The summed E-state index contributed by atoms with van der Waals surface area (Å²) in [5, 5.41) is 5.95. The highest BCUT2D eigenvalue weighted by molar-refractivity contribution is 5.85. The van der Waals surface area contributed by atoms with E-state index in [2.05, 4.69) is 52.8 Å². The number of rotatable bonds is 5. The minimum Gasteiger partial charge on any atom is -0.476 e. The molecule has 0 spiro atoms. The Morgan fingerprint density at radius 1 is 1.00 bits per heavy atom. The van der Waals surface area contributed by atoms with Crippen LogP contribution >= 0.6 is 0 Å². The first-order chi connectivity index (χ1) is 10.4. The molecule has 3 aromatic rings. The smallest absolute Gasteiger partial charge is 0.237 e. The van der Waals surface area contributed by atoms with Crippen LogP contribution in [0.3, 0.4) is 0 Å². The van der Waals surface area contributed by atoms with Gasteiger partial charge in [0.15, 0.2) is 0 Å². The SMILES string of the molecule is CCOc1ncccc1NCc1cccc2ccccc12. The van der Waals surface area contributed by atoms with Gasteiger partial charge < -0.3 is 10.1 Å². The second-order valence-electron chi connectivity index (χ2n) is 4.78. The molecule has 0 amide bonds. The van der Waals surface area contributed by atoms with Crippen LogP contribution in [-0.2, 0) is 6.54 Å². The third kappa shape index (κ3) is 2.97. The Labute approximate surface area is 124 Å². The first-order valence-corrected chi connectivity index (χ1v) is 7.17. The summed E-state index contributed by atoms with van der Waals surface area (Å²) in [6, 6.07) is 18.7. The van der Waals surface area contributed by atoms with Gasteiger partial charge in [-0.15, -0.1) is 0 Å². The average molecular weight is 278 g/mol. The van der Waals surface area contributed by atoms with Crippen LogP contribution in [0, 0.1) is 0 Å². The molecule has 3 nitrogen and oxygen atoms in total. The highest BCUT2D eigenvalue weighted by Crippen LogP contribution is 2.23. The fourth-order valence-corrected chi connectivity index (χ4v) is 2.41. The maximum Gasteiger partial charge on any atom is 0.237 e. The predicted octanol–water partition coefficient (Wildman–Crippen LogP) is 4.25. The van der Waals surface area contributed by atoms with Crippen molar-refractivity contribution in [1.82, 2.24) is 4.98 Å². The van der Waals surface area contributed by atoms with Crippen LogP contribution in [0.5, 0.6) is 5.88 Å². The average Bonchev–Trinajstić information content (AvgIpc) is 2.54. The molecule has 0 radical (unpaired) electrons.